The Hall–Kier alpha value is -13.2. The number of aliphatic carboxylic acids is 3. The lowest BCUT2D eigenvalue weighted by Gasteiger charge is -2.24. The highest BCUT2D eigenvalue weighted by Crippen LogP contribution is 2.29. The van der Waals surface area contributed by atoms with Gasteiger partial charge < -0.3 is 57.5 Å². The number of ether oxygens (including phenoxy) is 3. The Labute approximate surface area is 671 Å². The van der Waals surface area contributed by atoms with E-state index in [0.29, 0.717) is 110 Å². The van der Waals surface area contributed by atoms with Crippen LogP contribution in [0, 0.1) is 0 Å². The highest BCUT2D eigenvalue weighted by molar-refractivity contribution is 5.96. The molecule has 6 heterocycles. The van der Waals surface area contributed by atoms with Gasteiger partial charge in [0.25, 0.3) is 17.7 Å². The predicted molar refractivity (Wildman–Crippen MR) is 435 cm³/mol. The summed E-state index contributed by atoms with van der Waals surface area (Å²) in [6.07, 6.45) is 21.5. The molecule has 12 rings (SSSR count). The summed E-state index contributed by atoms with van der Waals surface area (Å²) in [5.74, 6) is -2.05. The highest BCUT2D eigenvalue weighted by atomic mass is 16.5. The number of aromatic nitrogens is 3. The summed E-state index contributed by atoms with van der Waals surface area (Å²) in [5, 5.41) is 26.4. The first-order chi connectivity index (χ1) is 57.7. The quantitative estimate of drug-likeness (QED) is 0.0300. The fourth-order valence-electron chi connectivity index (χ4n) is 11.9. The Morgan fingerprint density at radius 2 is 0.684 bits per heavy atom. The number of hydrogen-bond donors (Lipinski definition) is 3. The van der Waals surface area contributed by atoms with Gasteiger partial charge in [-0.05, 0) is 184 Å². The third-order valence-electron chi connectivity index (χ3n) is 18.1. The largest absolute Gasteiger partial charge is 0.493 e. The average Bonchev–Trinajstić information content (AvgIpc) is 1.17. The average molecular weight is 1540 g/mol. The minimum Gasteiger partial charge on any atom is -0.493 e. The second kappa shape index (κ2) is 45.9. The molecule has 12 aromatic rings. The van der Waals surface area contributed by atoms with Crippen molar-refractivity contribution in [1.29, 1.82) is 0 Å². The first-order valence-electron chi connectivity index (χ1n) is 40.5. The van der Waals surface area contributed by atoms with Gasteiger partial charge in [-0.25, -0.2) is 0 Å². The summed E-state index contributed by atoms with van der Waals surface area (Å²) in [5.41, 5.74) is 10.3. The lowest BCUT2D eigenvalue weighted by Crippen LogP contribution is -2.32. The molecule has 1 unspecified atom stereocenters. The number of pyridine rings is 3. The Morgan fingerprint density at radius 3 is 1.06 bits per heavy atom. The van der Waals surface area contributed by atoms with Crippen molar-refractivity contribution in [2.75, 3.05) is 39.4 Å². The van der Waals surface area contributed by atoms with E-state index in [1.165, 1.54) is 14.7 Å². The van der Waals surface area contributed by atoms with Crippen LogP contribution in [0.4, 0.5) is 0 Å². The summed E-state index contributed by atoms with van der Waals surface area (Å²) < 4.78 is 78.6. The molecule has 0 saturated carbocycles. The highest BCUT2D eigenvalue weighted by Gasteiger charge is 2.23. The normalized spacial score (nSPS) is 11.9. The number of unbranched alkanes of at least 4 members (excludes halogenated alkanes) is 6. The van der Waals surface area contributed by atoms with E-state index >= 15 is 0 Å². The molecule has 0 bridgehead atoms. The Balaban J connectivity index is 0.000000188. The van der Waals surface area contributed by atoms with Crippen molar-refractivity contribution in [2.45, 2.75) is 116 Å². The zero-order valence-electron chi connectivity index (χ0n) is 68.3. The number of carbonyl (C=O) groups is 6. The van der Waals surface area contributed by atoms with Crippen LogP contribution in [-0.4, -0.2) is 120 Å². The van der Waals surface area contributed by atoms with Gasteiger partial charge in [0.1, 0.15) is 17.2 Å². The molecule has 0 spiro atoms. The van der Waals surface area contributed by atoms with Crippen LogP contribution in [0.2, 0.25) is 0 Å². The van der Waals surface area contributed by atoms with Crippen molar-refractivity contribution in [3.05, 3.63) is 325 Å². The molecule has 21 heteroatoms. The molecule has 0 aliphatic heterocycles. The van der Waals surface area contributed by atoms with E-state index in [9.17, 15) is 28.8 Å². The first kappa shape index (κ1) is 76.2. The van der Waals surface area contributed by atoms with Gasteiger partial charge in [-0.1, -0.05) is 109 Å². The van der Waals surface area contributed by atoms with Crippen LogP contribution in [0.5, 0.6) is 17.2 Å². The van der Waals surface area contributed by atoms with E-state index in [-0.39, 0.29) is 63.2 Å². The standard InChI is InChI=1S/3C31H32N2O5/c3*34-30(35)11-2-1-7-20-38-29-10-4-3-8-26(29)22-33(19-16-28-9-5-6-18-32-28)31(36)25-14-12-24(13-15-25)27-17-21-37-23-27/h3*3-6,8-10,12-15,17-18,21,23H,1-2,7,11,16,19-20,22H2,(H,34,35)/i22D2;19D2;19D. The van der Waals surface area contributed by atoms with Gasteiger partial charge >= 0.3 is 17.9 Å². The fraction of sp³-hybridized carbons (Fsp3) is 0.258. The molecule has 6 aromatic heterocycles. The van der Waals surface area contributed by atoms with E-state index in [1.54, 1.807) is 141 Å². The molecule has 0 aliphatic carbocycles. The van der Waals surface area contributed by atoms with Crippen LogP contribution < -0.4 is 14.2 Å². The molecule has 3 amide bonds. The van der Waals surface area contributed by atoms with Crippen LogP contribution in [-0.2, 0) is 53.2 Å². The minimum atomic E-state index is -2.20. The van der Waals surface area contributed by atoms with Crippen molar-refractivity contribution in [1.82, 2.24) is 29.7 Å². The lowest BCUT2D eigenvalue weighted by atomic mass is 10.1. The van der Waals surface area contributed by atoms with Gasteiger partial charge in [0.15, 0.2) is 0 Å². The Kier molecular flexibility index (Phi) is 30.7. The van der Waals surface area contributed by atoms with Crippen molar-refractivity contribution in [3.8, 4) is 50.6 Å². The van der Waals surface area contributed by atoms with Crippen LogP contribution >= 0.6 is 0 Å². The molecule has 21 nitrogen and oxygen atoms in total. The Morgan fingerprint density at radius 1 is 0.342 bits per heavy atom. The molecule has 0 saturated heterocycles. The monoisotopic (exact) mass is 1540 g/mol. The number of carboxylic acid groups (broad SMARTS) is 3. The van der Waals surface area contributed by atoms with Crippen LogP contribution in [0.15, 0.2) is 288 Å². The van der Waals surface area contributed by atoms with Crippen LogP contribution in [0.1, 0.15) is 149 Å². The predicted octanol–water partition coefficient (Wildman–Crippen LogP) is 18.8. The van der Waals surface area contributed by atoms with Gasteiger partial charge in [0.05, 0.1) is 60.1 Å². The van der Waals surface area contributed by atoms with E-state index in [0.717, 1.165) is 69.6 Å². The van der Waals surface area contributed by atoms with Gasteiger partial charge in [-0.15, -0.1) is 0 Å². The second-order valence-corrected chi connectivity index (χ2v) is 26.5. The van der Waals surface area contributed by atoms with Crippen molar-refractivity contribution < 1.29 is 78.4 Å². The molecule has 1 atom stereocenters. The molecule has 0 aliphatic rings. The molecule has 114 heavy (non-hydrogen) atoms. The topological polar surface area (TPSA) is 279 Å². The number of aryl methyl sites for hydroxylation is 2. The van der Waals surface area contributed by atoms with Gasteiger partial charge in [0.2, 0.25) is 0 Å². The molecular weight excluding hydrogens is 1440 g/mol. The summed E-state index contributed by atoms with van der Waals surface area (Å²) in [4.78, 5) is 90.6. The van der Waals surface area contributed by atoms with Crippen molar-refractivity contribution in [3.63, 3.8) is 0 Å². The second-order valence-electron chi connectivity index (χ2n) is 26.5. The zero-order chi connectivity index (χ0) is 84.2. The van der Waals surface area contributed by atoms with E-state index in [4.69, 9.17) is 49.6 Å². The molecule has 588 valence electrons. The first-order valence-corrected chi connectivity index (χ1v) is 37.9. The number of furan rings is 3. The third-order valence-corrected chi connectivity index (χ3v) is 18.1. The van der Waals surface area contributed by atoms with Gasteiger partial charge in [-0.3, -0.25) is 43.7 Å². The number of amides is 3. The number of carboxylic acids is 3. The molecular formula is C93H96N6O15. The third kappa shape index (κ3) is 27.7. The van der Waals surface area contributed by atoms with Crippen molar-refractivity contribution in [2.24, 2.45) is 0 Å². The molecule has 3 N–H and O–H groups in total. The number of nitrogens with zero attached hydrogens (tertiary/aromatic N) is 6. The van der Waals surface area contributed by atoms with E-state index in [1.807, 2.05) is 133 Å². The smallest absolute Gasteiger partial charge is 0.303 e. The number of benzene rings is 6. The van der Waals surface area contributed by atoms with Gasteiger partial charge in [-0.2, -0.15) is 0 Å². The van der Waals surface area contributed by atoms with E-state index in [2.05, 4.69) is 15.0 Å². The minimum absolute atomic E-state index is 0.0165. The molecule has 6 aromatic carbocycles. The maximum atomic E-state index is 13.8. The lowest BCUT2D eigenvalue weighted by molar-refractivity contribution is -0.138. The Bertz CT molecular complexity index is 5000. The SMILES string of the molecule is [2H]C(Cc1ccccn1)N(Cc1ccccc1OCCCCCC(=O)O)C(=O)c1ccc(-c2ccoc2)cc1.[2H]C([2H])(Cc1ccccn1)N(Cc1ccccc1OCCCCCC(=O)O)C(=O)c1ccc(-c2ccoc2)cc1.[2H]C([2H])(c1ccccc1OCCCCCC(=O)O)N(CCc1ccccn1)C(=O)c1ccc(-c2ccoc2)cc1. The number of rotatable bonds is 42. The van der Waals surface area contributed by atoms with Gasteiger partial charge in [0, 0.05) is 168 Å². The van der Waals surface area contributed by atoms with E-state index < -0.39 is 49.2 Å². The number of hydrogen-bond acceptors (Lipinski definition) is 15. The molecule has 0 fully saturated rings. The zero-order valence-corrected chi connectivity index (χ0v) is 63.3. The van der Waals surface area contributed by atoms with Crippen LogP contribution in [0.3, 0.4) is 0 Å². The number of carbonyl (C=O) groups excluding carboxylic acids is 3. The summed E-state index contributed by atoms with van der Waals surface area (Å²) >= 11 is 0. The fourth-order valence-corrected chi connectivity index (χ4v) is 11.9. The summed E-state index contributed by atoms with van der Waals surface area (Å²) in [7, 11) is 0. The van der Waals surface area contributed by atoms with Crippen molar-refractivity contribution >= 4 is 35.6 Å². The number of para-hydroxylation sites is 3. The maximum absolute atomic E-state index is 13.8. The van der Waals surface area contributed by atoms with Crippen LogP contribution in [0.25, 0.3) is 33.4 Å². The maximum Gasteiger partial charge on any atom is 0.303 e. The summed E-state index contributed by atoms with van der Waals surface area (Å²) in [6.45, 7) is -3.72. The molecule has 0 radical (unpaired) electrons. The summed E-state index contributed by atoms with van der Waals surface area (Å²) in [6, 6.07) is 64.7.